The van der Waals surface area contributed by atoms with Crippen LogP contribution in [0.1, 0.15) is 42.7 Å². The van der Waals surface area contributed by atoms with Gasteiger partial charge in [-0.15, -0.1) is 0 Å². The highest BCUT2D eigenvalue weighted by Crippen LogP contribution is 2.49. The van der Waals surface area contributed by atoms with E-state index in [0.29, 0.717) is 18.8 Å². The lowest BCUT2D eigenvalue weighted by atomic mass is 9.71. The molecule has 2 saturated carbocycles. The van der Waals surface area contributed by atoms with Gasteiger partial charge < -0.3 is 25.6 Å². The van der Waals surface area contributed by atoms with Crippen LogP contribution < -0.4 is 10.6 Å². The maximum atomic E-state index is 12.3. The molecule has 4 N–H and O–H groups in total. The summed E-state index contributed by atoms with van der Waals surface area (Å²) in [6.45, 7) is 0.0832. The fourth-order valence-corrected chi connectivity index (χ4v) is 6.00. The maximum absolute atomic E-state index is 12.3. The van der Waals surface area contributed by atoms with Crippen LogP contribution in [0.15, 0.2) is 48.5 Å². The molecule has 5 atom stereocenters. The van der Waals surface area contributed by atoms with Gasteiger partial charge in [0.25, 0.3) is 0 Å². The van der Waals surface area contributed by atoms with Crippen molar-refractivity contribution < 1.29 is 29.3 Å². The van der Waals surface area contributed by atoms with Crippen LogP contribution in [0.4, 0.5) is 4.79 Å². The van der Waals surface area contributed by atoms with E-state index >= 15 is 0 Å². The normalized spacial score (nSPS) is 24.9. The lowest BCUT2D eigenvalue weighted by molar-refractivity contribution is -0.141. The molecule has 184 valence electrons. The van der Waals surface area contributed by atoms with E-state index in [9.17, 15) is 24.6 Å². The summed E-state index contributed by atoms with van der Waals surface area (Å²) in [6.07, 6.45) is 0.241. The Labute approximate surface area is 203 Å². The van der Waals surface area contributed by atoms with Crippen molar-refractivity contribution in [3.8, 4) is 11.1 Å². The lowest BCUT2D eigenvalue weighted by Gasteiger charge is -2.40. The van der Waals surface area contributed by atoms with Gasteiger partial charge in [-0.1, -0.05) is 48.5 Å². The Morgan fingerprint density at radius 2 is 1.63 bits per heavy atom. The number of fused-ring (bicyclic) bond motifs is 4. The van der Waals surface area contributed by atoms with Crippen LogP contribution in [-0.2, 0) is 14.3 Å². The van der Waals surface area contributed by atoms with Crippen LogP contribution in [0.5, 0.6) is 0 Å². The van der Waals surface area contributed by atoms with Crippen LogP contribution in [0.2, 0.25) is 0 Å². The zero-order valence-corrected chi connectivity index (χ0v) is 19.4. The zero-order valence-electron chi connectivity index (χ0n) is 19.4. The molecular formula is C27H30N2O6. The Morgan fingerprint density at radius 3 is 2.29 bits per heavy atom. The van der Waals surface area contributed by atoms with E-state index in [1.165, 1.54) is 0 Å². The Balaban J connectivity index is 1.05. The molecule has 0 aliphatic heterocycles. The van der Waals surface area contributed by atoms with Gasteiger partial charge in [0.1, 0.15) is 6.61 Å². The smallest absolute Gasteiger partial charge is 0.407 e. The topological polar surface area (TPSA) is 125 Å². The summed E-state index contributed by atoms with van der Waals surface area (Å²) >= 11 is 0. The van der Waals surface area contributed by atoms with Gasteiger partial charge in [0, 0.05) is 18.5 Å². The van der Waals surface area contributed by atoms with E-state index in [1.807, 2.05) is 36.4 Å². The van der Waals surface area contributed by atoms with Crippen molar-refractivity contribution in [3.05, 3.63) is 59.7 Å². The molecule has 2 aromatic carbocycles. The van der Waals surface area contributed by atoms with E-state index in [2.05, 4.69) is 22.8 Å². The second-order valence-corrected chi connectivity index (χ2v) is 9.90. The van der Waals surface area contributed by atoms with Crippen LogP contribution in [-0.4, -0.2) is 53.5 Å². The first kappa shape index (κ1) is 23.4. The number of aliphatic hydroxyl groups excluding tert-OH is 1. The number of nitrogens with one attached hydrogen (secondary N) is 2. The van der Waals surface area contributed by atoms with Crippen LogP contribution in [0.3, 0.4) is 0 Å². The summed E-state index contributed by atoms with van der Waals surface area (Å²) in [5.41, 5.74) is 4.53. The molecule has 2 fully saturated rings. The summed E-state index contributed by atoms with van der Waals surface area (Å²) in [4.78, 5) is 35.8. The molecule has 0 heterocycles. The quantitative estimate of drug-likeness (QED) is 0.462. The predicted octanol–water partition coefficient (Wildman–Crippen LogP) is 2.89. The molecule has 35 heavy (non-hydrogen) atoms. The first-order valence-electron chi connectivity index (χ1n) is 12.2. The third kappa shape index (κ3) is 4.75. The second-order valence-electron chi connectivity index (χ2n) is 9.90. The van der Waals surface area contributed by atoms with Crippen LogP contribution in [0.25, 0.3) is 11.1 Å². The monoisotopic (exact) mass is 478 g/mol. The number of aliphatic carboxylic acids is 1. The molecule has 0 saturated heterocycles. The summed E-state index contributed by atoms with van der Waals surface area (Å²) in [7, 11) is 0. The molecule has 5 rings (SSSR count). The van der Waals surface area contributed by atoms with E-state index in [-0.39, 0.29) is 49.3 Å². The number of hydrogen-bond acceptors (Lipinski definition) is 5. The van der Waals surface area contributed by atoms with E-state index in [1.54, 1.807) is 0 Å². The Bertz CT molecular complexity index is 1090. The van der Waals surface area contributed by atoms with Crippen molar-refractivity contribution in [2.75, 3.05) is 13.2 Å². The van der Waals surface area contributed by atoms with Crippen molar-refractivity contribution in [3.63, 3.8) is 0 Å². The van der Waals surface area contributed by atoms with Crippen molar-refractivity contribution in [1.82, 2.24) is 10.6 Å². The SMILES string of the molecule is O=C(CC(O)CNC(=O)OCC1c2ccccc2-c2ccccc21)NC1CC2CC(C(=O)O)CC21. The molecule has 8 heteroatoms. The number of carbonyl (C=O) groups is 3. The molecule has 8 nitrogen and oxygen atoms in total. The minimum atomic E-state index is -1.04. The highest BCUT2D eigenvalue weighted by atomic mass is 16.5. The highest BCUT2D eigenvalue weighted by molar-refractivity contribution is 5.79. The second kappa shape index (κ2) is 9.70. The first-order valence-corrected chi connectivity index (χ1v) is 12.2. The maximum Gasteiger partial charge on any atom is 0.407 e. The van der Waals surface area contributed by atoms with Gasteiger partial charge in [-0.2, -0.15) is 0 Å². The van der Waals surface area contributed by atoms with Crippen LogP contribution in [0, 0.1) is 17.8 Å². The molecule has 5 unspecified atom stereocenters. The number of benzene rings is 2. The van der Waals surface area contributed by atoms with E-state index in [4.69, 9.17) is 4.74 Å². The lowest BCUT2D eigenvalue weighted by Crippen LogP contribution is -2.51. The number of aliphatic hydroxyl groups is 1. The van der Waals surface area contributed by atoms with Gasteiger partial charge >= 0.3 is 12.1 Å². The minimum absolute atomic E-state index is 0.0286. The summed E-state index contributed by atoms with van der Waals surface area (Å²) in [5, 5.41) is 24.8. The number of carboxylic acids is 1. The van der Waals surface area contributed by atoms with Gasteiger partial charge in [0.15, 0.2) is 0 Å². The average molecular weight is 479 g/mol. The molecule has 3 aliphatic carbocycles. The summed E-state index contributed by atoms with van der Waals surface area (Å²) in [5.74, 6) is -0.865. The van der Waals surface area contributed by atoms with Gasteiger partial charge in [-0.25, -0.2) is 4.79 Å². The number of carboxylic acid groups (broad SMARTS) is 1. The van der Waals surface area contributed by atoms with Gasteiger partial charge in [-0.3, -0.25) is 9.59 Å². The first-order chi connectivity index (χ1) is 16.9. The Morgan fingerprint density at radius 1 is 0.971 bits per heavy atom. The minimum Gasteiger partial charge on any atom is -0.481 e. The standard InChI is InChI=1S/C27H30N2O6/c30-17(12-25(31)29-24-11-15-9-16(26(32)33)10-22(15)24)13-28-27(34)35-14-23-20-7-3-1-5-18(20)19-6-2-4-8-21(19)23/h1-8,15-17,22-24,30H,9-14H2,(H,28,34)(H,29,31)(H,32,33). The van der Waals surface area contributed by atoms with Crippen molar-refractivity contribution in [2.24, 2.45) is 17.8 Å². The summed E-state index contributed by atoms with van der Waals surface area (Å²) in [6, 6.07) is 16.1. The van der Waals surface area contributed by atoms with Gasteiger partial charge in [-0.05, 0) is 53.4 Å². The predicted molar refractivity (Wildman–Crippen MR) is 128 cm³/mol. The number of alkyl carbamates (subject to hydrolysis) is 1. The molecule has 0 spiro atoms. The fraction of sp³-hybridized carbons (Fsp3) is 0.444. The average Bonchev–Trinajstić information content (AvgIpc) is 3.35. The Kier molecular flexibility index (Phi) is 6.47. The van der Waals surface area contributed by atoms with Crippen LogP contribution >= 0.6 is 0 Å². The van der Waals surface area contributed by atoms with Crippen molar-refractivity contribution >= 4 is 18.0 Å². The molecular weight excluding hydrogens is 448 g/mol. The largest absolute Gasteiger partial charge is 0.481 e. The third-order valence-corrected chi connectivity index (χ3v) is 7.77. The number of amides is 2. The van der Waals surface area contributed by atoms with Gasteiger partial charge in [0.2, 0.25) is 5.91 Å². The molecule has 0 aromatic heterocycles. The molecule has 0 bridgehead atoms. The van der Waals surface area contributed by atoms with E-state index in [0.717, 1.165) is 28.7 Å². The Hall–Kier alpha value is -3.39. The van der Waals surface area contributed by atoms with Gasteiger partial charge in [0.05, 0.1) is 18.4 Å². The highest BCUT2D eigenvalue weighted by Gasteiger charge is 2.49. The number of hydrogen-bond donors (Lipinski definition) is 4. The summed E-state index contributed by atoms with van der Waals surface area (Å²) < 4.78 is 5.45. The zero-order chi connectivity index (χ0) is 24.5. The fourth-order valence-electron chi connectivity index (χ4n) is 6.00. The van der Waals surface area contributed by atoms with E-state index < -0.39 is 18.2 Å². The third-order valence-electron chi connectivity index (χ3n) is 7.77. The van der Waals surface area contributed by atoms with Crippen molar-refractivity contribution in [1.29, 1.82) is 0 Å². The number of carbonyl (C=O) groups excluding carboxylic acids is 2. The molecule has 3 aliphatic rings. The van der Waals surface area contributed by atoms with Crippen molar-refractivity contribution in [2.45, 2.75) is 43.7 Å². The molecule has 2 aromatic rings. The number of ether oxygens (including phenoxy) is 1. The number of rotatable bonds is 8. The molecule has 0 radical (unpaired) electrons. The molecule has 2 amide bonds.